The van der Waals surface area contributed by atoms with Gasteiger partial charge in [0.2, 0.25) is 0 Å². The van der Waals surface area contributed by atoms with Crippen LogP contribution in [0, 0.1) is 0 Å². The molecule has 1 aliphatic heterocycles. The van der Waals surface area contributed by atoms with Gasteiger partial charge in [0.1, 0.15) is 12.4 Å². The second kappa shape index (κ2) is 3.58. The van der Waals surface area contributed by atoms with E-state index in [-0.39, 0.29) is 6.61 Å². The highest BCUT2D eigenvalue weighted by Crippen LogP contribution is 2.16. The zero-order valence-corrected chi connectivity index (χ0v) is 7.35. The summed E-state index contributed by atoms with van der Waals surface area (Å²) in [5.41, 5.74) is 1.10. The van der Waals surface area contributed by atoms with E-state index in [1.807, 2.05) is 35.2 Å². The van der Waals surface area contributed by atoms with Gasteiger partial charge in [0.15, 0.2) is 0 Å². The summed E-state index contributed by atoms with van der Waals surface area (Å²) in [6, 6.07) is 10.0. The van der Waals surface area contributed by atoms with Gasteiger partial charge in [-0.3, -0.25) is 4.99 Å². The predicted octanol–water partition coefficient (Wildman–Crippen LogP) is 0.897. The molecule has 1 aliphatic rings. The Hall–Kier alpha value is -1.35. The molecule has 0 aliphatic carbocycles. The molecule has 1 aromatic rings. The van der Waals surface area contributed by atoms with Crippen molar-refractivity contribution in [2.45, 2.75) is 0 Å². The number of hydrogen-bond donors (Lipinski definition) is 1. The third-order valence-electron chi connectivity index (χ3n) is 2.14. The molecule has 0 saturated carbocycles. The standard InChI is InChI=1S/C10H12N2O/c13-8-10-11-6-7-12(10)9-4-2-1-3-5-9/h1-5,13H,6-8H2. The second-order valence-electron chi connectivity index (χ2n) is 2.94. The number of benzene rings is 1. The maximum atomic E-state index is 9.03. The Morgan fingerprint density at radius 2 is 2.08 bits per heavy atom. The molecule has 0 aromatic heterocycles. The van der Waals surface area contributed by atoms with Gasteiger partial charge < -0.3 is 10.0 Å². The first-order valence-corrected chi connectivity index (χ1v) is 4.38. The van der Waals surface area contributed by atoms with Gasteiger partial charge in [-0.15, -0.1) is 0 Å². The zero-order chi connectivity index (χ0) is 9.10. The lowest BCUT2D eigenvalue weighted by Gasteiger charge is -2.18. The quantitative estimate of drug-likeness (QED) is 0.726. The number of aliphatic imine (C=N–C) groups is 1. The molecule has 13 heavy (non-hydrogen) atoms. The van der Waals surface area contributed by atoms with E-state index in [4.69, 9.17) is 5.11 Å². The van der Waals surface area contributed by atoms with Crippen LogP contribution < -0.4 is 4.90 Å². The van der Waals surface area contributed by atoms with Crippen molar-refractivity contribution in [2.24, 2.45) is 4.99 Å². The summed E-state index contributed by atoms with van der Waals surface area (Å²) >= 11 is 0. The maximum absolute atomic E-state index is 9.03. The van der Waals surface area contributed by atoms with Gasteiger partial charge in [0.05, 0.1) is 6.54 Å². The Morgan fingerprint density at radius 1 is 1.31 bits per heavy atom. The normalized spacial score (nSPS) is 16.1. The minimum atomic E-state index is 0.0227. The highest BCUT2D eigenvalue weighted by atomic mass is 16.3. The van der Waals surface area contributed by atoms with Crippen molar-refractivity contribution in [1.82, 2.24) is 0 Å². The molecule has 0 unspecified atom stereocenters. The fourth-order valence-corrected chi connectivity index (χ4v) is 1.51. The Labute approximate surface area is 77.3 Å². The van der Waals surface area contributed by atoms with Crippen molar-refractivity contribution < 1.29 is 5.11 Å². The van der Waals surface area contributed by atoms with E-state index in [9.17, 15) is 0 Å². The summed E-state index contributed by atoms with van der Waals surface area (Å²) in [6.45, 7) is 1.68. The number of hydrogen-bond acceptors (Lipinski definition) is 3. The molecule has 0 bridgehead atoms. The van der Waals surface area contributed by atoms with Crippen LogP contribution in [-0.2, 0) is 0 Å². The molecular formula is C10H12N2O. The smallest absolute Gasteiger partial charge is 0.130 e. The molecule has 1 aromatic carbocycles. The molecule has 68 valence electrons. The van der Waals surface area contributed by atoms with Crippen LogP contribution in [0.1, 0.15) is 0 Å². The van der Waals surface area contributed by atoms with Crippen LogP contribution in [0.4, 0.5) is 5.69 Å². The van der Waals surface area contributed by atoms with E-state index in [2.05, 4.69) is 4.99 Å². The lowest BCUT2D eigenvalue weighted by Crippen LogP contribution is -2.29. The molecule has 0 amide bonds. The molecule has 3 nitrogen and oxygen atoms in total. The molecule has 1 N–H and O–H groups in total. The number of nitrogens with zero attached hydrogens (tertiary/aromatic N) is 2. The van der Waals surface area contributed by atoms with Crippen LogP contribution >= 0.6 is 0 Å². The lowest BCUT2D eigenvalue weighted by atomic mass is 10.3. The topological polar surface area (TPSA) is 35.8 Å². The zero-order valence-electron chi connectivity index (χ0n) is 7.35. The first-order valence-electron chi connectivity index (χ1n) is 4.38. The van der Waals surface area contributed by atoms with Crippen LogP contribution in [0.5, 0.6) is 0 Å². The van der Waals surface area contributed by atoms with Crippen molar-refractivity contribution in [3.63, 3.8) is 0 Å². The van der Waals surface area contributed by atoms with Gasteiger partial charge in [0.25, 0.3) is 0 Å². The second-order valence-corrected chi connectivity index (χ2v) is 2.94. The van der Waals surface area contributed by atoms with Crippen LogP contribution in [0.3, 0.4) is 0 Å². The maximum Gasteiger partial charge on any atom is 0.130 e. The molecule has 1 heterocycles. The fourth-order valence-electron chi connectivity index (χ4n) is 1.51. The summed E-state index contributed by atoms with van der Waals surface area (Å²) in [5.74, 6) is 0.770. The Balaban J connectivity index is 2.23. The number of aliphatic hydroxyl groups is 1. The summed E-state index contributed by atoms with van der Waals surface area (Å²) in [4.78, 5) is 6.25. The van der Waals surface area contributed by atoms with Crippen molar-refractivity contribution >= 4 is 11.5 Å². The number of aliphatic hydroxyl groups excluding tert-OH is 1. The van der Waals surface area contributed by atoms with Gasteiger partial charge in [0, 0.05) is 12.2 Å². The van der Waals surface area contributed by atoms with Crippen LogP contribution in [-0.4, -0.2) is 30.6 Å². The van der Waals surface area contributed by atoms with Crippen LogP contribution in [0.2, 0.25) is 0 Å². The van der Waals surface area contributed by atoms with Gasteiger partial charge in [-0.1, -0.05) is 18.2 Å². The Bertz CT molecular complexity index is 308. The molecule has 2 rings (SSSR count). The minimum absolute atomic E-state index is 0.0227. The Morgan fingerprint density at radius 3 is 2.77 bits per heavy atom. The van der Waals surface area contributed by atoms with Gasteiger partial charge in [-0.2, -0.15) is 0 Å². The molecule has 0 fully saturated rings. The molecule has 3 heteroatoms. The van der Waals surface area contributed by atoms with E-state index < -0.39 is 0 Å². The number of anilines is 1. The number of rotatable bonds is 2. The highest BCUT2D eigenvalue weighted by Gasteiger charge is 2.16. The van der Waals surface area contributed by atoms with Crippen LogP contribution in [0.25, 0.3) is 0 Å². The average Bonchev–Trinajstić information content (AvgIpc) is 2.67. The molecular weight excluding hydrogens is 164 g/mol. The fraction of sp³-hybridized carbons (Fsp3) is 0.300. The predicted molar refractivity (Wildman–Crippen MR) is 53.2 cm³/mol. The van der Waals surface area contributed by atoms with Crippen molar-refractivity contribution in [1.29, 1.82) is 0 Å². The van der Waals surface area contributed by atoms with Gasteiger partial charge in [-0.05, 0) is 12.1 Å². The first-order chi connectivity index (χ1) is 6.42. The molecule has 0 spiro atoms. The van der Waals surface area contributed by atoms with E-state index >= 15 is 0 Å². The average molecular weight is 176 g/mol. The first kappa shape index (κ1) is 8.26. The molecule has 0 radical (unpaired) electrons. The summed E-state index contributed by atoms with van der Waals surface area (Å²) in [7, 11) is 0. The Kier molecular flexibility index (Phi) is 2.27. The van der Waals surface area contributed by atoms with E-state index in [0.717, 1.165) is 24.6 Å². The van der Waals surface area contributed by atoms with E-state index in [1.165, 1.54) is 0 Å². The van der Waals surface area contributed by atoms with E-state index in [1.54, 1.807) is 0 Å². The molecule has 0 atom stereocenters. The number of para-hydroxylation sites is 1. The largest absolute Gasteiger partial charge is 0.388 e. The monoisotopic (exact) mass is 176 g/mol. The van der Waals surface area contributed by atoms with Crippen LogP contribution in [0.15, 0.2) is 35.3 Å². The third-order valence-corrected chi connectivity index (χ3v) is 2.14. The van der Waals surface area contributed by atoms with Crippen molar-refractivity contribution in [3.8, 4) is 0 Å². The van der Waals surface area contributed by atoms with Gasteiger partial charge in [-0.25, -0.2) is 0 Å². The summed E-state index contributed by atoms with van der Waals surface area (Å²) in [5, 5.41) is 9.03. The third kappa shape index (κ3) is 1.55. The summed E-state index contributed by atoms with van der Waals surface area (Å²) in [6.07, 6.45) is 0. The lowest BCUT2D eigenvalue weighted by molar-refractivity contribution is 0.356. The molecule has 0 saturated heterocycles. The number of amidine groups is 1. The van der Waals surface area contributed by atoms with Crippen molar-refractivity contribution in [2.75, 3.05) is 24.6 Å². The SMILES string of the molecule is OCC1=NCCN1c1ccccc1. The minimum Gasteiger partial charge on any atom is -0.388 e. The highest BCUT2D eigenvalue weighted by molar-refractivity contribution is 6.00. The van der Waals surface area contributed by atoms with E-state index in [0.29, 0.717) is 0 Å². The summed E-state index contributed by atoms with van der Waals surface area (Å²) < 4.78 is 0. The van der Waals surface area contributed by atoms with Gasteiger partial charge >= 0.3 is 0 Å². The van der Waals surface area contributed by atoms with Crippen molar-refractivity contribution in [3.05, 3.63) is 30.3 Å².